The Bertz CT molecular complexity index is 959. The summed E-state index contributed by atoms with van der Waals surface area (Å²) >= 11 is 0. The minimum atomic E-state index is -4.52. The number of amides is 1. The zero-order valence-electron chi connectivity index (χ0n) is 15.7. The molecular weight excluding hydrogens is 387 g/mol. The van der Waals surface area contributed by atoms with Gasteiger partial charge in [-0.15, -0.1) is 0 Å². The number of nitrogens with zero attached hydrogens (tertiary/aromatic N) is 5. The van der Waals surface area contributed by atoms with E-state index in [1.54, 1.807) is 18.1 Å². The highest BCUT2D eigenvalue weighted by molar-refractivity contribution is 5.96. The van der Waals surface area contributed by atoms with Crippen LogP contribution in [-0.2, 0) is 0 Å². The quantitative estimate of drug-likeness (QED) is 0.628. The molecule has 0 radical (unpaired) electrons. The Labute approximate surface area is 164 Å². The van der Waals surface area contributed by atoms with E-state index in [0.717, 1.165) is 11.3 Å². The number of carbonyl (C=O) groups is 1. The van der Waals surface area contributed by atoms with Crippen molar-refractivity contribution in [3.05, 3.63) is 66.4 Å². The van der Waals surface area contributed by atoms with E-state index in [0.29, 0.717) is 0 Å². The summed E-state index contributed by atoms with van der Waals surface area (Å²) in [5.74, 6) is -0.849. The Kier molecular flexibility index (Phi) is 5.81. The van der Waals surface area contributed by atoms with Crippen molar-refractivity contribution in [2.24, 2.45) is 0 Å². The van der Waals surface area contributed by atoms with Crippen molar-refractivity contribution < 1.29 is 22.7 Å². The van der Waals surface area contributed by atoms with E-state index < -0.39 is 18.7 Å². The third-order valence-corrected chi connectivity index (χ3v) is 4.33. The second-order valence-electron chi connectivity index (χ2n) is 6.28. The fourth-order valence-electron chi connectivity index (χ4n) is 2.66. The van der Waals surface area contributed by atoms with Gasteiger partial charge in [-0.2, -0.15) is 18.3 Å². The molecule has 0 aliphatic rings. The van der Waals surface area contributed by atoms with Gasteiger partial charge in [0.15, 0.2) is 6.61 Å². The third-order valence-electron chi connectivity index (χ3n) is 4.33. The Morgan fingerprint density at radius 3 is 2.59 bits per heavy atom. The van der Waals surface area contributed by atoms with E-state index in [1.165, 1.54) is 29.6 Å². The number of rotatable bonds is 6. The highest BCUT2D eigenvalue weighted by atomic mass is 19.4. The molecule has 0 bridgehead atoms. The van der Waals surface area contributed by atoms with Gasteiger partial charge in [0.1, 0.15) is 18.2 Å². The lowest BCUT2D eigenvalue weighted by Gasteiger charge is -2.26. The molecule has 0 spiro atoms. The first kappa shape index (κ1) is 20.3. The van der Waals surface area contributed by atoms with Crippen LogP contribution in [0.15, 0.2) is 55.2 Å². The summed E-state index contributed by atoms with van der Waals surface area (Å²) in [5.41, 5.74) is 1.61. The smallest absolute Gasteiger partial charge is 0.422 e. The number of hydrogen-bond acceptors (Lipinski definition) is 5. The van der Waals surface area contributed by atoms with Crippen LogP contribution in [0.5, 0.6) is 5.88 Å². The number of carbonyl (C=O) groups excluding carboxylic acids is 1. The van der Waals surface area contributed by atoms with Crippen LogP contribution in [0.2, 0.25) is 0 Å². The molecule has 1 aromatic carbocycles. The van der Waals surface area contributed by atoms with Crippen molar-refractivity contribution in [2.75, 3.05) is 13.7 Å². The first-order valence-electron chi connectivity index (χ1n) is 8.63. The average Bonchev–Trinajstić information content (AvgIpc) is 3.25. The monoisotopic (exact) mass is 405 g/mol. The topological polar surface area (TPSA) is 73.1 Å². The number of alkyl halides is 3. The van der Waals surface area contributed by atoms with Crippen LogP contribution in [0.3, 0.4) is 0 Å². The highest BCUT2D eigenvalue weighted by Gasteiger charge is 2.30. The molecule has 0 fully saturated rings. The maximum absolute atomic E-state index is 12.9. The van der Waals surface area contributed by atoms with E-state index in [9.17, 15) is 18.0 Å². The number of hydrogen-bond donors (Lipinski definition) is 0. The Hall–Kier alpha value is -3.43. The van der Waals surface area contributed by atoms with Gasteiger partial charge in [0.2, 0.25) is 5.88 Å². The lowest BCUT2D eigenvalue weighted by Crippen LogP contribution is -2.30. The van der Waals surface area contributed by atoms with Crippen molar-refractivity contribution in [1.82, 2.24) is 24.6 Å². The predicted molar refractivity (Wildman–Crippen MR) is 97.7 cm³/mol. The molecule has 0 saturated heterocycles. The van der Waals surface area contributed by atoms with E-state index in [1.807, 2.05) is 31.2 Å². The van der Waals surface area contributed by atoms with Crippen molar-refractivity contribution >= 4 is 5.91 Å². The van der Waals surface area contributed by atoms with E-state index >= 15 is 0 Å². The Morgan fingerprint density at radius 1 is 1.24 bits per heavy atom. The molecule has 152 valence electrons. The summed E-state index contributed by atoms with van der Waals surface area (Å²) in [4.78, 5) is 21.9. The summed E-state index contributed by atoms with van der Waals surface area (Å²) in [6.07, 6.45) is -0.258. The zero-order chi connectivity index (χ0) is 21.0. The third kappa shape index (κ3) is 4.89. The molecular formula is C19H18F3N5O2. The van der Waals surface area contributed by atoms with E-state index in [2.05, 4.69) is 15.1 Å². The molecule has 0 aliphatic heterocycles. The molecule has 1 amide bonds. The second-order valence-corrected chi connectivity index (χ2v) is 6.28. The summed E-state index contributed by atoms with van der Waals surface area (Å²) in [7, 11) is 1.57. The van der Waals surface area contributed by atoms with Crippen LogP contribution in [0.1, 0.15) is 28.9 Å². The minimum absolute atomic E-state index is 0.0367. The van der Waals surface area contributed by atoms with Crippen molar-refractivity contribution in [3.8, 4) is 11.6 Å². The molecule has 3 aromatic rings. The Balaban J connectivity index is 1.76. The maximum Gasteiger partial charge on any atom is 0.422 e. The lowest BCUT2D eigenvalue weighted by atomic mass is 10.1. The first-order chi connectivity index (χ1) is 13.8. The summed E-state index contributed by atoms with van der Waals surface area (Å²) in [5, 5.41) is 4.05. The van der Waals surface area contributed by atoms with Gasteiger partial charge in [-0.25, -0.2) is 14.6 Å². The number of aromatic nitrogens is 4. The molecule has 10 heteroatoms. The van der Waals surface area contributed by atoms with Gasteiger partial charge in [0.05, 0.1) is 11.7 Å². The van der Waals surface area contributed by atoms with Crippen LogP contribution in [0.4, 0.5) is 13.2 Å². The molecule has 2 heterocycles. The van der Waals surface area contributed by atoms with E-state index in [4.69, 9.17) is 4.74 Å². The minimum Gasteiger partial charge on any atom is -0.467 e. The number of ether oxygens (including phenoxy) is 1. The fourth-order valence-corrected chi connectivity index (χ4v) is 2.66. The van der Waals surface area contributed by atoms with Crippen LogP contribution < -0.4 is 4.74 Å². The van der Waals surface area contributed by atoms with Crippen LogP contribution in [0, 0.1) is 0 Å². The average molecular weight is 405 g/mol. The van der Waals surface area contributed by atoms with Gasteiger partial charge in [-0.05, 0) is 36.8 Å². The summed E-state index contributed by atoms with van der Waals surface area (Å²) in [6, 6.07) is 9.87. The van der Waals surface area contributed by atoms with Crippen LogP contribution >= 0.6 is 0 Å². The molecule has 0 saturated carbocycles. The molecule has 0 unspecified atom stereocenters. The predicted octanol–water partition coefficient (Wildman–Crippen LogP) is 3.44. The zero-order valence-corrected chi connectivity index (χ0v) is 15.7. The van der Waals surface area contributed by atoms with Gasteiger partial charge < -0.3 is 9.64 Å². The largest absolute Gasteiger partial charge is 0.467 e. The van der Waals surface area contributed by atoms with Gasteiger partial charge in [-0.3, -0.25) is 4.79 Å². The highest BCUT2D eigenvalue weighted by Crippen LogP contribution is 2.25. The normalized spacial score (nSPS) is 12.4. The number of pyridine rings is 1. The second kappa shape index (κ2) is 8.29. The molecule has 0 N–H and O–H groups in total. The van der Waals surface area contributed by atoms with E-state index in [-0.39, 0.29) is 17.5 Å². The van der Waals surface area contributed by atoms with Gasteiger partial charge in [0, 0.05) is 13.2 Å². The standard InChI is InChI=1S/C19H18F3N5O2/c1-13(14-5-7-15(8-6-14)27-12-23-11-25-27)26(2)18(28)16-4-3-9-24-17(16)29-10-19(20,21)22/h3-9,11-13H,10H2,1-2H3/t13-/m0/s1. The Morgan fingerprint density at radius 2 is 1.97 bits per heavy atom. The number of halogens is 3. The maximum atomic E-state index is 12.9. The van der Waals surface area contributed by atoms with Gasteiger partial charge >= 0.3 is 6.18 Å². The molecule has 1 atom stereocenters. The molecule has 3 rings (SSSR count). The number of benzene rings is 1. The van der Waals surface area contributed by atoms with Gasteiger partial charge in [-0.1, -0.05) is 12.1 Å². The molecule has 29 heavy (non-hydrogen) atoms. The molecule has 0 aliphatic carbocycles. The van der Waals surface area contributed by atoms with Crippen molar-refractivity contribution in [1.29, 1.82) is 0 Å². The fraction of sp³-hybridized carbons (Fsp3) is 0.263. The summed E-state index contributed by atoms with van der Waals surface area (Å²) in [6.45, 7) is 0.294. The summed E-state index contributed by atoms with van der Waals surface area (Å²) < 4.78 is 43.7. The SMILES string of the molecule is C[C@@H](c1ccc(-n2cncn2)cc1)N(C)C(=O)c1cccnc1OCC(F)(F)F. The lowest BCUT2D eigenvalue weighted by molar-refractivity contribution is -0.154. The van der Waals surface area contributed by atoms with Crippen molar-refractivity contribution in [2.45, 2.75) is 19.1 Å². The van der Waals surface area contributed by atoms with Crippen LogP contribution in [0.25, 0.3) is 5.69 Å². The first-order valence-corrected chi connectivity index (χ1v) is 8.63. The van der Waals surface area contributed by atoms with Crippen LogP contribution in [-0.4, -0.2) is 50.4 Å². The molecule has 7 nitrogen and oxygen atoms in total. The van der Waals surface area contributed by atoms with Crippen molar-refractivity contribution in [3.63, 3.8) is 0 Å². The van der Waals surface area contributed by atoms with Gasteiger partial charge in [0.25, 0.3) is 5.91 Å². The molecule has 2 aromatic heterocycles.